The van der Waals surface area contributed by atoms with E-state index in [2.05, 4.69) is 214 Å². The topological polar surface area (TPSA) is 25.8 Å². The van der Waals surface area contributed by atoms with Crippen LogP contribution in [0.4, 0.5) is 0 Å². The summed E-state index contributed by atoms with van der Waals surface area (Å²) in [7, 11) is 0. The summed E-state index contributed by atoms with van der Waals surface area (Å²) in [5.74, 6) is 0.707. The maximum Gasteiger partial charge on any atom is 0.160 e. The third-order valence-electron chi connectivity index (χ3n) is 12.3. The second kappa shape index (κ2) is 13.9. The van der Waals surface area contributed by atoms with Gasteiger partial charge in [0.25, 0.3) is 0 Å². The highest BCUT2D eigenvalue weighted by atomic mass is 14.9. The lowest BCUT2D eigenvalue weighted by molar-refractivity contribution is 0.662. The van der Waals surface area contributed by atoms with Crippen molar-refractivity contribution in [3.8, 4) is 78.4 Å². The molecule has 10 aromatic rings. The number of rotatable bonds is 6. The number of fused-ring (bicyclic) bond motifs is 6. The van der Waals surface area contributed by atoms with Gasteiger partial charge in [-0.05, 0) is 89.3 Å². The Bertz CT molecular complexity index is 3220. The van der Waals surface area contributed by atoms with E-state index < -0.39 is 0 Å². The molecule has 0 saturated carbocycles. The van der Waals surface area contributed by atoms with Crippen molar-refractivity contribution in [3.63, 3.8) is 0 Å². The summed E-state index contributed by atoms with van der Waals surface area (Å²) < 4.78 is 0. The van der Waals surface area contributed by atoms with Gasteiger partial charge in [0, 0.05) is 22.1 Å². The van der Waals surface area contributed by atoms with Crippen molar-refractivity contribution in [2.75, 3.05) is 0 Å². The van der Waals surface area contributed by atoms with E-state index in [0.29, 0.717) is 5.82 Å². The van der Waals surface area contributed by atoms with Gasteiger partial charge in [0.2, 0.25) is 0 Å². The van der Waals surface area contributed by atoms with Gasteiger partial charge in [-0.2, -0.15) is 0 Å². The lowest BCUT2D eigenvalue weighted by Gasteiger charge is -2.25. The highest BCUT2D eigenvalue weighted by Crippen LogP contribution is 2.55. The van der Waals surface area contributed by atoms with E-state index >= 15 is 0 Å². The molecule has 0 bridgehead atoms. The van der Waals surface area contributed by atoms with Gasteiger partial charge in [0.15, 0.2) is 5.82 Å². The molecule has 0 fully saturated rings. The molecule has 0 radical (unpaired) electrons. The Kier molecular flexibility index (Phi) is 8.20. The Balaban J connectivity index is 1.03. The Morgan fingerprint density at radius 2 is 0.881 bits per heavy atom. The van der Waals surface area contributed by atoms with Crippen LogP contribution in [0.2, 0.25) is 0 Å². The van der Waals surface area contributed by atoms with E-state index in [-0.39, 0.29) is 5.41 Å². The van der Waals surface area contributed by atoms with E-state index in [4.69, 9.17) is 9.97 Å². The molecule has 59 heavy (non-hydrogen) atoms. The van der Waals surface area contributed by atoms with Gasteiger partial charge in [-0.15, -0.1) is 0 Å². The molecule has 9 aromatic carbocycles. The molecule has 0 N–H and O–H groups in total. The summed E-state index contributed by atoms with van der Waals surface area (Å²) in [4.78, 5) is 10.5. The van der Waals surface area contributed by atoms with Crippen LogP contribution in [0, 0.1) is 0 Å². The van der Waals surface area contributed by atoms with Crippen LogP contribution in [-0.4, -0.2) is 9.97 Å². The molecule has 0 amide bonds. The summed E-state index contributed by atoms with van der Waals surface area (Å²) in [6.07, 6.45) is 0. The molecule has 1 aliphatic carbocycles. The highest BCUT2D eigenvalue weighted by Gasteiger charge is 2.38. The minimum atomic E-state index is -0.169. The highest BCUT2D eigenvalue weighted by molar-refractivity contribution is 6.08. The SMILES string of the molecule is CC1(C)c2ccc3ccccc3c2-c2cccc(-c3ccc(-c4cc(-c5ccc(-c6cccc(-c7ccccc7)c6)cc5)nc(-c5ccccc5)n4)c4ccccc34)c21. The van der Waals surface area contributed by atoms with Crippen LogP contribution < -0.4 is 0 Å². The summed E-state index contributed by atoms with van der Waals surface area (Å²) >= 11 is 0. The van der Waals surface area contributed by atoms with Gasteiger partial charge in [0.1, 0.15) is 0 Å². The lowest BCUT2D eigenvalue weighted by Crippen LogP contribution is -2.16. The molecule has 278 valence electrons. The van der Waals surface area contributed by atoms with Gasteiger partial charge < -0.3 is 0 Å². The predicted octanol–water partition coefficient (Wildman–Crippen LogP) is 15.1. The Labute approximate surface area is 345 Å². The average molecular weight is 753 g/mol. The molecule has 0 aliphatic heterocycles. The van der Waals surface area contributed by atoms with Crippen LogP contribution in [0.1, 0.15) is 25.0 Å². The molecule has 1 heterocycles. The molecule has 1 aliphatic rings. The van der Waals surface area contributed by atoms with Crippen molar-refractivity contribution in [2.24, 2.45) is 0 Å². The van der Waals surface area contributed by atoms with Gasteiger partial charge in [-0.3, -0.25) is 0 Å². The van der Waals surface area contributed by atoms with Crippen LogP contribution in [0.3, 0.4) is 0 Å². The van der Waals surface area contributed by atoms with Crippen LogP contribution in [0.5, 0.6) is 0 Å². The summed E-state index contributed by atoms with van der Waals surface area (Å²) in [5.41, 5.74) is 17.5. The minimum Gasteiger partial charge on any atom is -0.228 e. The summed E-state index contributed by atoms with van der Waals surface area (Å²) in [5, 5.41) is 4.96. The van der Waals surface area contributed by atoms with E-state index in [1.165, 1.54) is 71.6 Å². The molecular weight excluding hydrogens is 713 g/mol. The number of aromatic nitrogens is 2. The van der Waals surface area contributed by atoms with Gasteiger partial charge in [-0.25, -0.2) is 9.97 Å². The van der Waals surface area contributed by atoms with Crippen molar-refractivity contribution in [1.82, 2.24) is 9.97 Å². The molecular formula is C57H40N2. The van der Waals surface area contributed by atoms with E-state index in [0.717, 1.165) is 33.6 Å². The first-order valence-corrected chi connectivity index (χ1v) is 20.4. The normalized spacial score (nSPS) is 12.7. The van der Waals surface area contributed by atoms with Crippen molar-refractivity contribution < 1.29 is 0 Å². The fourth-order valence-electron chi connectivity index (χ4n) is 9.42. The molecule has 2 heteroatoms. The van der Waals surface area contributed by atoms with Crippen molar-refractivity contribution in [2.45, 2.75) is 19.3 Å². The number of nitrogens with zero attached hydrogens (tertiary/aromatic N) is 2. The smallest absolute Gasteiger partial charge is 0.160 e. The van der Waals surface area contributed by atoms with Gasteiger partial charge in [-0.1, -0.05) is 208 Å². The first-order chi connectivity index (χ1) is 29.0. The van der Waals surface area contributed by atoms with Gasteiger partial charge in [0.05, 0.1) is 11.4 Å². The van der Waals surface area contributed by atoms with E-state index in [1.54, 1.807) is 0 Å². The maximum absolute atomic E-state index is 5.28. The summed E-state index contributed by atoms with van der Waals surface area (Å²) in [6.45, 7) is 4.77. The molecule has 0 spiro atoms. The maximum atomic E-state index is 5.28. The van der Waals surface area contributed by atoms with Crippen LogP contribution in [0.25, 0.3) is 100.0 Å². The molecule has 0 unspecified atom stereocenters. The number of hydrogen-bond acceptors (Lipinski definition) is 2. The quantitative estimate of drug-likeness (QED) is 0.169. The zero-order valence-electron chi connectivity index (χ0n) is 33.0. The number of hydrogen-bond donors (Lipinski definition) is 0. The first-order valence-electron chi connectivity index (χ1n) is 20.4. The fourth-order valence-corrected chi connectivity index (χ4v) is 9.42. The fraction of sp³-hybridized carbons (Fsp3) is 0.0526. The van der Waals surface area contributed by atoms with E-state index in [9.17, 15) is 0 Å². The van der Waals surface area contributed by atoms with Crippen LogP contribution >= 0.6 is 0 Å². The second-order valence-electron chi connectivity index (χ2n) is 16.1. The first kappa shape index (κ1) is 34.8. The predicted molar refractivity (Wildman–Crippen MR) is 247 cm³/mol. The Hall–Kier alpha value is -7.42. The summed E-state index contributed by atoms with van der Waals surface area (Å²) in [6, 6.07) is 74.2. The zero-order valence-corrected chi connectivity index (χ0v) is 33.0. The standard InChI is InChI=1S/C57H40N2/c1-57(2)51-34-31-39-17-9-10-22-44(39)54(51)50-26-14-25-49(55(50)57)47-32-33-48(46-24-12-11-23-45(46)47)53-36-52(58-56(59-53)41-18-7-4-8-19-41)40-29-27-38(28-30-40)43-21-13-20-42(35-43)37-15-5-3-6-16-37/h3-36H,1-2H3. The van der Waals surface area contributed by atoms with Crippen LogP contribution in [-0.2, 0) is 5.41 Å². The molecule has 2 nitrogen and oxygen atoms in total. The van der Waals surface area contributed by atoms with Gasteiger partial charge >= 0.3 is 0 Å². The van der Waals surface area contributed by atoms with Crippen molar-refractivity contribution in [3.05, 3.63) is 217 Å². The minimum absolute atomic E-state index is 0.169. The Morgan fingerprint density at radius 3 is 1.63 bits per heavy atom. The Morgan fingerprint density at radius 1 is 0.339 bits per heavy atom. The monoisotopic (exact) mass is 752 g/mol. The lowest BCUT2D eigenvalue weighted by atomic mass is 9.78. The third kappa shape index (κ3) is 5.87. The average Bonchev–Trinajstić information content (AvgIpc) is 3.55. The van der Waals surface area contributed by atoms with E-state index in [1.807, 2.05) is 6.07 Å². The largest absolute Gasteiger partial charge is 0.228 e. The zero-order chi connectivity index (χ0) is 39.5. The van der Waals surface area contributed by atoms with Crippen molar-refractivity contribution >= 4 is 21.5 Å². The second-order valence-corrected chi connectivity index (χ2v) is 16.1. The van der Waals surface area contributed by atoms with Crippen LogP contribution in [0.15, 0.2) is 206 Å². The number of benzene rings is 9. The molecule has 0 saturated heterocycles. The molecule has 11 rings (SSSR count). The third-order valence-corrected chi connectivity index (χ3v) is 12.3. The van der Waals surface area contributed by atoms with Crippen molar-refractivity contribution in [1.29, 1.82) is 0 Å². The molecule has 1 aromatic heterocycles. The molecule has 0 atom stereocenters.